The van der Waals surface area contributed by atoms with Crippen LogP contribution in [0.4, 0.5) is 0 Å². The van der Waals surface area contributed by atoms with Gasteiger partial charge in [-0.25, -0.2) is 0 Å². The monoisotopic (exact) mass is 620 g/mol. The zero-order valence-electron chi connectivity index (χ0n) is 29.7. The molecule has 0 N–H and O–H groups in total. The number of rotatable bonds is 24. The number of aryl methyl sites for hydroxylation is 4. The molecular formula is C41H64O4. The molecule has 2 aromatic rings. The summed E-state index contributed by atoms with van der Waals surface area (Å²) in [6, 6.07) is 9.60. The highest BCUT2D eigenvalue weighted by atomic mass is 16.6. The highest BCUT2D eigenvalue weighted by Gasteiger charge is 2.32. The van der Waals surface area contributed by atoms with Gasteiger partial charge in [0.2, 0.25) is 0 Å². The van der Waals surface area contributed by atoms with Crippen molar-refractivity contribution in [2.24, 2.45) is 11.8 Å². The third kappa shape index (κ3) is 11.0. The van der Waals surface area contributed by atoms with Crippen LogP contribution in [-0.2, 0) is 41.6 Å². The molecule has 4 unspecified atom stereocenters. The summed E-state index contributed by atoms with van der Waals surface area (Å²) in [6.45, 7) is 17.1. The Kier molecular flexibility index (Phi) is 15.1. The maximum Gasteiger partial charge on any atom is 0.125 e. The standard InChI is InChI=1S/C41H64O4/c1-7-13-17-36(38-28-44-38)19-15-21-42-40-32(9-3)24-30(25-33(40)10-4)23-31-26-34(11-5)41(35(12-6)27-31)43-22-16-20-37(18-14-8-2)39-29-45-39/h24-27,36-39H,7-23,28-29H2,1-6H3. The molecule has 0 spiro atoms. The fourth-order valence-corrected chi connectivity index (χ4v) is 7.17. The molecule has 0 saturated carbocycles. The number of epoxide rings is 2. The SMILES string of the molecule is CCCCC(CCCOc1c(CC)cc(Cc2cc(CC)c(OCCCC(CCCC)C3CO3)c(CC)c2)cc1CC)C1CO1. The van der Waals surface area contributed by atoms with Gasteiger partial charge < -0.3 is 18.9 Å². The lowest BCUT2D eigenvalue weighted by Gasteiger charge is -2.20. The van der Waals surface area contributed by atoms with Crippen molar-refractivity contribution in [3.05, 3.63) is 57.6 Å². The van der Waals surface area contributed by atoms with Crippen molar-refractivity contribution in [2.75, 3.05) is 26.4 Å². The van der Waals surface area contributed by atoms with E-state index in [9.17, 15) is 0 Å². The first kappa shape index (κ1) is 35.8. The average molecular weight is 621 g/mol. The first-order valence-electron chi connectivity index (χ1n) is 18.8. The van der Waals surface area contributed by atoms with Crippen molar-refractivity contribution in [2.45, 2.75) is 150 Å². The molecule has 0 amide bonds. The molecule has 0 aliphatic carbocycles. The zero-order chi connectivity index (χ0) is 32.0. The topological polar surface area (TPSA) is 43.5 Å². The largest absolute Gasteiger partial charge is 0.493 e. The first-order chi connectivity index (χ1) is 22.0. The van der Waals surface area contributed by atoms with Gasteiger partial charge in [0.05, 0.1) is 38.6 Å². The Morgan fingerprint density at radius 3 is 1.18 bits per heavy atom. The van der Waals surface area contributed by atoms with Crippen molar-refractivity contribution in [3.63, 3.8) is 0 Å². The lowest BCUT2D eigenvalue weighted by atomic mass is 9.93. The number of hydrogen-bond donors (Lipinski definition) is 0. The van der Waals surface area contributed by atoms with Gasteiger partial charge in [0.25, 0.3) is 0 Å². The molecule has 2 heterocycles. The Labute approximate surface area is 276 Å². The van der Waals surface area contributed by atoms with Gasteiger partial charge in [-0.1, -0.05) is 91.5 Å². The minimum atomic E-state index is 0.505. The third-order valence-electron chi connectivity index (χ3n) is 10.1. The van der Waals surface area contributed by atoms with Crippen LogP contribution in [0.2, 0.25) is 0 Å². The molecule has 252 valence electrons. The summed E-state index contributed by atoms with van der Waals surface area (Å²) in [4.78, 5) is 0. The van der Waals surface area contributed by atoms with Gasteiger partial charge in [0.15, 0.2) is 0 Å². The molecule has 0 aromatic heterocycles. The van der Waals surface area contributed by atoms with Gasteiger partial charge in [-0.3, -0.25) is 0 Å². The second kappa shape index (κ2) is 18.9. The molecule has 4 rings (SSSR count). The zero-order valence-corrected chi connectivity index (χ0v) is 29.7. The Morgan fingerprint density at radius 2 is 0.889 bits per heavy atom. The Hall–Kier alpha value is -2.04. The quantitative estimate of drug-likeness (QED) is 0.0865. The van der Waals surface area contributed by atoms with Crippen molar-refractivity contribution in [1.29, 1.82) is 0 Å². The van der Waals surface area contributed by atoms with Crippen LogP contribution in [0.25, 0.3) is 0 Å². The minimum Gasteiger partial charge on any atom is -0.493 e. The van der Waals surface area contributed by atoms with Crippen molar-refractivity contribution in [3.8, 4) is 11.5 Å². The number of unbranched alkanes of at least 4 members (excludes halogenated alkanes) is 2. The third-order valence-corrected chi connectivity index (χ3v) is 10.1. The Morgan fingerprint density at radius 1 is 0.556 bits per heavy atom. The van der Waals surface area contributed by atoms with E-state index in [1.165, 1.54) is 84.7 Å². The van der Waals surface area contributed by atoms with E-state index in [0.29, 0.717) is 24.0 Å². The minimum absolute atomic E-state index is 0.505. The van der Waals surface area contributed by atoms with E-state index in [-0.39, 0.29) is 0 Å². The highest BCUT2D eigenvalue weighted by molar-refractivity contribution is 5.49. The van der Waals surface area contributed by atoms with Crippen molar-refractivity contribution in [1.82, 2.24) is 0 Å². The molecule has 4 nitrogen and oxygen atoms in total. The van der Waals surface area contributed by atoms with Crippen LogP contribution in [-0.4, -0.2) is 38.6 Å². The maximum absolute atomic E-state index is 6.53. The predicted octanol–water partition coefficient (Wildman–Crippen LogP) is 10.3. The summed E-state index contributed by atoms with van der Waals surface area (Å²) in [7, 11) is 0. The van der Waals surface area contributed by atoms with Gasteiger partial charge in [-0.2, -0.15) is 0 Å². The average Bonchev–Trinajstić information content (AvgIpc) is 3.99. The van der Waals surface area contributed by atoms with Gasteiger partial charge in [0, 0.05) is 0 Å². The van der Waals surface area contributed by atoms with Crippen LogP contribution < -0.4 is 9.47 Å². The highest BCUT2D eigenvalue weighted by Crippen LogP contribution is 2.34. The van der Waals surface area contributed by atoms with E-state index >= 15 is 0 Å². The van der Waals surface area contributed by atoms with Crippen LogP contribution in [0.1, 0.15) is 139 Å². The fraction of sp³-hybridized carbons (Fsp3) is 0.707. The molecule has 2 saturated heterocycles. The molecular weight excluding hydrogens is 556 g/mol. The fourth-order valence-electron chi connectivity index (χ4n) is 7.17. The van der Waals surface area contributed by atoms with E-state index in [2.05, 4.69) is 65.8 Å². The second-order valence-electron chi connectivity index (χ2n) is 13.6. The summed E-state index contributed by atoms with van der Waals surface area (Å²) >= 11 is 0. The lowest BCUT2D eigenvalue weighted by Crippen LogP contribution is -2.11. The van der Waals surface area contributed by atoms with E-state index < -0.39 is 0 Å². The lowest BCUT2D eigenvalue weighted by molar-refractivity contribution is 0.255. The number of benzene rings is 2. The van der Waals surface area contributed by atoms with E-state index in [4.69, 9.17) is 18.9 Å². The van der Waals surface area contributed by atoms with Crippen LogP contribution in [0, 0.1) is 11.8 Å². The molecule has 4 heteroatoms. The molecule has 0 bridgehead atoms. The molecule has 2 aliphatic rings. The molecule has 45 heavy (non-hydrogen) atoms. The Bertz CT molecular complexity index is 1010. The molecule has 2 aromatic carbocycles. The van der Waals surface area contributed by atoms with Crippen molar-refractivity contribution < 1.29 is 18.9 Å². The van der Waals surface area contributed by atoms with E-state index in [1.807, 2.05) is 0 Å². The van der Waals surface area contributed by atoms with Crippen molar-refractivity contribution >= 4 is 0 Å². The van der Waals surface area contributed by atoms with Gasteiger partial charge >= 0.3 is 0 Å². The molecule has 4 atom stereocenters. The summed E-state index contributed by atoms with van der Waals surface area (Å²) in [6.07, 6.45) is 18.3. The van der Waals surface area contributed by atoms with Crippen LogP contribution in [0.3, 0.4) is 0 Å². The number of hydrogen-bond acceptors (Lipinski definition) is 4. The van der Waals surface area contributed by atoms with Gasteiger partial charge in [-0.15, -0.1) is 0 Å². The summed E-state index contributed by atoms with van der Waals surface area (Å²) in [5.74, 6) is 3.67. The Balaban J connectivity index is 1.37. The van der Waals surface area contributed by atoms with E-state index in [1.54, 1.807) is 0 Å². The van der Waals surface area contributed by atoms with E-state index in [0.717, 1.165) is 82.9 Å². The van der Waals surface area contributed by atoms with Gasteiger partial charge in [0.1, 0.15) is 11.5 Å². The van der Waals surface area contributed by atoms with Gasteiger partial charge in [-0.05, 0) is 116 Å². The maximum atomic E-state index is 6.53. The normalized spacial score (nSPS) is 18.5. The molecule has 2 aliphatic heterocycles. The predicted molar refractivity (Wildman–Crippen MR) is 188 cm³/mol. The summed E-state index contributed by atoms with van der Waals surface area (Å²) in [5, 5.41) is 0. The number of ether oxygens (including phenoxy) is 4. The molecule has 0 radical (unpaired) electrons. The van der Waals surface area contributed by atoms with Crippen LogP contribution in [0.15, 0.2) is 24.3 Å². The summed E-state index contributed by atoms with van der Waals surface area (Å²) in [5.41, 5.74) is 8.16. The summed E-state index contributed by atoms with van der Waals surface area (Å²) < 4.78 is 24.4. The smallest absolute Gasteiger partial charge is 0.125 e. The molecule has 2 fully saturated rings. The first-order valence-corrected chi connectivity index (χ1v) is 18.8. The van der Waals surface area contributed by atoms with Crippen LogP contribution >= 0.6 is 0 Å². The second-order valence-corrected chi connectivity index (χ2v) is 13.6. The van der Waals surface area contributed by atoms with Crippen LogP contribution in [0.5, 0.6) is 11.5 Å².